The zero-order chi connectivity index (χ0) is 12.6. The third-order valence-electron chi connectivity index (χ3n) is 2.75. The molecule has 1 aromatic rings. The Morgan fingerprint density at radius 1 is 1.59 bits per heavy atom. The topological polar surface area (TPSA) is 101 Å². The lowest BCUT2D eigenvalue weighted by atomic mass is 10.2. The van der Waals surface area contributed by atoms with E-state index in [0.717, 1.165) is 12.8 Å². The molecule has 0 aliphatic heterocycles. The summed E-state index contributed by atoms with van der Waals surface area (Å²) in [5.74, 6) is 0.0686. The molecule has 0 saturated heterocycles. The molecule has 1 aliphatic carbocycles. The molecular formula is C9H11ClN4O3. The second-order valence-corrected chi connectivity index (χ2v) is 4.43. The summed E-state index contributed by atoms with van der Waals surface area (Å²) >= 11 is 5.67. The van der Waals surface area contributed by atoms with Gasteiger partial charge >= 0.3 is 5.69 Å². The predicted molar refractivity (Wildman–Crippen MR) is 61.1 cm³/mol. The number of hydrogen-bond acceptors (Lipinski definition) is 6. The van der Waals surface area contributed by atoms with Crippen LogP contribution in [0.4, 0.5) is 11.5 Å². The average molecular weight is 259 g/mol. The van der Waals surface area contributed by atoms with Crippen LogP contribution in [-0.2, 0) is 0 Å². The smallest absolute Gasteiger partial charge is 0.332 e. The monoisotopic (exact) mass is 258 g/mol. The molecule has 1 aromatic heterocycles. The van der Waals surface area contributed by atoms with E-state index in [4.69, 9.17) is 11.6 Å². The van der Waals surface area contributed by atoms with Gasteiger partial charge in [-0.2, -0.15) is 4.98 Å². The highest BCUT2D eigenvalue weighted by Gasteiger charge is 2.44. The molecule has 7 nitrogen and oxygen atoms in total. The molecule has 1 aliphatic rings. The number of nitrogens with one attached hydrogen (secondary N) is 1. The van der Waals surface area contributed by atoms with Gasteiger partial charge in [-0.3, -0.25) is 10.1 Å². The van der Waals surface area contributed by atoms with Crippen molar-refractivity contribution in [1.29, 1.82) is 0 Å². The lowest BCUT2D eigenvalue weighted by molar-refractivity contribution is -0.385. The average Bonchev–Trinajstić information content (AvgIpc) is 2.96. The maximum absolute atomic E-state index is 10.9. The zero-order valence-corrected chi connectivity index (χ0v) is 9.86. The van der Waals surface area contributed by atoms with Crippen LogP contribution in [0.15, 0.2) is 0 Å². The molecule has 2 N–H and O–H groups in total. The van der Waals surface area contributed by atoms with Crippen molar-refractivity contribution in [3.63, 3.8) is 0 Å². The SMILES string of the molecule is Cc1nc(Cl)nc(NC2(CO)CC2)c1[N+](=O)[O-]. The third-order valence-corrected chi connectivity index (χ3v) is 2.92. The number of nitro groups is 1. The van der Waals surface area contributed by atoms with Crippen molar-refractivity contribution in [2.45, 2.75) is 25.3 Å². The molecule has 0 atom stereocenters. The zero-order valence-electron chi connectivity index (χ0n) is 9.10. The summed E-state index contributed by atoms with van der Waals surface area (Å²) in [4.78, 5) is 17.9. The van der Waals surface area contributed by atoms with Crippen LogP contribution in [0.5, 0.6) is 0 Å². The Morgan fingerprint density at radius 2 is 2.24 bits per heavy atom. The van der Waals surface area contributed by atoms with Crippen molar-refractivity contribution in [1.82, 2.24) is 9.97 Å². The van der Waals surface area contributed by atoms with Gasteiger partial charge in [-0.05, 0) is 31.4 Å². The van der Waals surface area contributed by atoms with Gasteiger partial charge < -0.3 is 10.4 Å². The van der Waals surface area contributed by atoms with Crippen molar-refractivity contribution in [3.05, 3.63) is 21.1 Å². The van der Waals surface area contributed by atoms with Crippen LogP contribution < -0.4 is 5.32 Å². The molecule has 0 radical (unpaired) electrons. The fourth-order valence-corrected chi connectivity index (χ4v) is 1.77. The van der Waals surface area contributed by atoms with Crippen molar-refractivity contribution in [2.75, 3.05) is 11.9 Å². The van der Waals surface area contributed by atoms with E-state index in [1.807, 2.05) is 0 Å². The number of aliphatic hydroxyl groups excluding tert-OH is 1. The van der Waals surface area contributed by atoms with Gasteiger partial charge in [0.05, 0.1) is 17.1 Å². The van der Waals surface area contributed by atoms with E-state index in [0.29, 0.717) is 0 Å². The van der Waals surface area contributed by atoms with E-state index in [1.165, 1.54) is 6.92 Å². The van der Waals surface area contributed by atoms with Gasteiger partial charge in [0, 0.05) is 0 Å². The second kappa shape index (κ2) is 4.08. The standard InChI is InChI=1S/C9H11ClN4O3/c1-5-6(14(16)17)7(12-8(10)11-5)13-9(4-15)2-3-9/h15H,2-4H2,1H3,(H,11,12,13). The van der Waals surface area contributed by atoms with Crippen LogP contribution in [0, 0.1) is 17.0 Å². The van der Waals surface area contributed by atoms with Gasteiger partial charge in [-0.15, -0.1) is 0 Å². The minimum Gasteiger partial charge on any atom is -0.394 e. The minimum atomic E-state index is -0.554. The normalized spacial score (nSPS) is 16.6. The number of aryl methyl sites for hydroxylation is 1. The highest BCUT2D eigenvalue weighted by atomic mass is 35.5. The van der Waals surface area contributed by atoms with E-state index >= 15 is 0 Å². The number of rotatable bonds is 4. The Morgan fingerprint density at radius 3 is 2.71 bits per heavy atom. The first-order valence-corrected chi connectivity index (χ1v) is 5.43. The largest absolute Gasteiger partial charge is 0.394 e. The van der Waals surface area contributed by atoms with E-state index in [9.17, 15) is 15.2 Å². The molecule has 1 fully saturated rings. The van der Waals surface area contributed by atoms with E-state index in [-0.39, 0.29) is 29.1 Å². The summed E-state index contributed by atoms with van der Waals surface area (Å²) in [7, 11) is 0. The van der Waals surface area contributed by atoms with Crippen LogP contribution in [0.25, 0.3) is 0 Å². The number of aliphatic hydroxyl groups is 1. The van der Waals surface area contributed by atoms with Crippen LogP contribution in [-0.4, -0.2) is 32.1 Å². The highest BCUT2D eigenvalue weighted by molar-refractivity contribution is 6.28. The van der Waals surface area contributed by atoms with Crippen LogP contribution in [0.3, 0.4) is 0 Å². The Balaban J connectivity index is 2.41. The van der Waals surface area contributed by atoms with E-state index in [1.54, 1.807) is 0 Å². The number of halogens is 1. The lowest BCUT2D eigenvalue weighted by Gasteiger charge is -2.15. The van der Waals surface area contributed by atoms with Crippen molar-refractivity contribution < 1.29 is 10.0 Å². The summed E-state index contributed by atoms with van der Waals surface area (Å²) < 4.78 is 0. The quantitative estimate of drug-likeness (QED) is 0.479. The molecule has 1 heterocycles. The molecular weight excluding hydrogens is 248 g/mol. The Labute approximate surface area is 102 Å². The van der Waals surface area contributed by atoms with Gasteiger partial charge in [-0.1, -0.05) is 0 Å². The van der Waals surface area contributed by atoms with Gasteiger partial charge in [0.1, 0.15) is 5.69 Å². The molecule has 1 saturated carbocycles. The third kappa shape index (κ3) is 2.29. The molecule has 0 spiro atoms. The van der Waals surface area contributed by atoms with Gasteiger partial charge in [0.15, 0.2) is 0 Å². The van der Waals surface area contributed by atoms with Crippen molar-refractivity contribution in [2.24, 2.45) is 0 Å². The number of hydrogen-bond donors (Lipinski definition) is 2. The minimum absolute atomic E-state index is 0.0515. The van der Waals surface area contributed by atoms with Gasteiger partial charge in [-0.25, -0.2) is 4.98 Å². The summed E-state index contributed by atoms with van der Waals surface area (Å²) in [6.07, 6.45) is 1.50. The van der Waals surface area contributed by atoms with E-state index in [2.05, 4.69) is 15.3 Å². The number of nitrogens with zero attached hydrogens (tertiary/aromatic N) is 3. The number of anilines is 1. The Hall–Kier alpha value is -1.47. The summed E-state index contributed by atoms with van der Waals surface area (Å²) in [5.41, 5.74) is -0.491. The van der Waals surface area contributed by atoms with Crippen molar-refractivity contribution in [3.8, 4) is 0 Å². The molecule has 17 heavy (non-hydrogen) atoms. The molecule has 0 bridgehead atoms. The summed E-state index contributed by atoms with van der Waals surface area (Å²) in [6, 6.07) is 0. The first kappa shape index (κ1) is 12.0. The Kier molecular flexibility index (Phi) is 2.88. The maximum atomic E-state index is 10.9. The fraction of sp³-hybridized carbons (Fsp3) is 0.556. The molecule has 2 rings (SSSR count). The molecule has 92 valence electrons. The Bertz CT molecular complexity index is 476. The van der Waals surface area contributed by atoms with Crippen LogP contribution >= 0.6 is 11.6 Å². The van der Waals surface area contributed by atoms with Gasteiger partial charge in [0.2, 0.25) is 11.1 Å². The lowest BCUT2D eigenvalue weighted by Crippen LogP contribution is -2.27. The van der Waals surface area contributed by atoms with Gasteiger partial charge in [0.25, 0.3) is 0 Å². The van der Waals surface area contributed by atoms with Crippen LogP contribution in [0.2, 0.25) is 5.28 Å². The maximum Gasteiger partial charge on any atom is 0.332 e. The predicted octanol–water partition coefficient (Wildman–Crippen LogP) is 1.28. The number of aromatic nitrogens is 2. The fourth-order valence-electron chi connectivity index (χ4n) is 1.56. The molecule has 0 unspecified atom stereocenters. The first-order chi connectivity index (χ1) is 7.97. The van der Waals surface area contributed by atoms with Crippen LogP contribution in [0.1, 0.15) is 18.5 Å². The molecule has 8 heteroatoms. The summed E-state index contributed by atoms with van der Waals surface area (Å²) in [5, 5.41) is 22.9. The molecule has 0 aromatic carbocycles. The van der Waals surface area contributed by atoms with E-state index < -0.39 is 10.5 Å². The second-order valence-electron chi connectivity index (χ2n) is 4.10. The first-order valence-electron chi connectivity index (χ1n) is 5.05. The summed E-state index contributed by atoms with van der Waals surface area (Å²) in [6.45, 7) is 1.40. The van der Waals surface area contributed by atoms with Crippen molar-refractivity contribution >= 4 is 23.1 Å². The molecule has 0 amide bonds. The highest BCUT2D eigenvalue weighted by Crippen LogP contribution is 2.40.